The van der Waals surface area contributed by atoms with Crippen LogP contribution in [0.1, 0.15) is 76.3 Å². The SMILES string of the molecule is CC(C)CC(CC(O)C(N)CC1CCCCC1)C(=O)N1CCc2ccccc2C1. The summed E-state index contributed by atoms with van der Waals surface area (Å²) in [5, 5.41) is 10.8. The highest BCUT2D eigenvalue weighted by atomic mass is 16.3. The molecule has 29 heavy (non-hydrogen) atoms. The molecule has 0 radical (unpaired) electrons. The van der Waals surface area contributed by atoms with Gasteiger partial charge in [0, 0.05) is 25.0 Å². The van der Waals surface area contributed by atoms with Gasteiger partial charge in [-0.3, -0.25) is 4.79 Å². The van der Waals surface area contributed by atoms with Gasteiger partial charge in [0.25, 0.3) is 0 Å². The lowest BCUT2D eigenvalue weighted by atomic mass is 9.81. The van der Waals surface area contributed by atoms with Crippen molar-refractivity contribution < 1.29 is 9.90 Å². The Morgan fingerprint density at radius 2 is 1.83 bits per heavy atom. The molecule has 4 nitrogen and oxygen atoms in total. The molecule has 3 atom stereocenters. The summed E-state index contributed by atoms with van der Waals surface area (Å²) in [5.41, 5.74) is 9.00. The van der Waals surface area contributed by atoms with Crippen molar-refractivity contribution in [1.82, 2.24) is 4.90 Å². The van der Waals surface area contributed by atoms with E-state index in [0.717, 1.165) is 25.8 Å². The van der Waals surface area contributed by atoms with Gasteiger partial charge in [0.1, 0.15) is 0 Å². The maximum absolute atomic E-state index is 13.4. The maximum atomic E-state index is 13.4. The molecule has 2 aliphatic rings. The van der Waals surface area contributed by atoms with Crippen molar-refractivity contribution in [2.75, 3.05) is 6.54 Å². The third-order valence-corrected chi connectivity index (χ3v) is 6.90. The Morgan fingerprint density at radius 3 is 2.52 bits per heavy atom. The number of carbonyl (C=O) groups excluding carboxylic acids is 1. The third kappa shape index (κ3) is 6.29. The van der Waals surface area contributed by atoms with Gasteiger partial charge in [-0.25, -0.2) is 0 Å². The molecule has 1 aromatic carbocycles. The molecule has 1 aliphatic heterocycles. The van der Waals surface area contributed by atoms with Crippen molar-refractivity contribution in [3.05, 3.63) is 35.4 Å². The first-order valence-electron chi connectivity index (χ1n) is 11.7. The van der Waals surface area contributed by atoms with E-state index < -0.39 is 6.10 Å². The lowest BCUT2D eigenvalue weighted by Gasteiger charge is -2.34. The summed E-state index contributed by atoms with van der Waals surface area (Å²) < 4.78 is 0. The molecule has 0 saturated heterocycles. The van der Waals surface area contributed by atoms with Crippen molar-refractivity contribution in [2.45, 2.75) is 90.3 Å². The van der Waals surface area contributed by atoms with Crippen LogP contribution in [0.15, 0.2) is 24.3 Å². The summed E-state index contributed by atoms with van der Waals surface area (Å²) in [5.74, 6) is 1.11. The minimum atomic E-state index is -0.596. The molecule has 4 heteroatoms. The fourth-order valence-electron chi connectivity index (χ4n) is 5.24. The minimum absolute atomic E-state index is 0.146. The van der Waals surface area contributed by atoms with Gasteiger partial charge in [-0.05, 0) is 48.6 Å². The van der Waals surface area contributed by atoms with Crippen LogP contribution in [-0.2, 0) is 17.8 Å². The number of rotatable bonds is 8. The van der Waals surface area contributed by atoms with E-state index in [1.54, 1.807) is 0 Å². The molecule has 1 fully saturated rings. The van der Waals surface area contributed by atoms with Crippen LogP contribution in [0, 0.1) is 17.8 Å². The maximum Gasteiger partial charge on any atom is 0.226 e. The van der Waals surface area contributed by atoms with Gasteiger partial charge in [0.15, 0.2) is 0 Å². The number of aliphatic hydroxyl groups is 1. The van der Waals surface area contributed by atoms with E-state index in [4.69, 9.17) is 5.73 Å². The van der Waals surface area contributed by atoms with Crippen LogP contribution >= 0.6 is 0 Å². The highest BCUT2D eigenvalue weighted by molar-refractivity contribution is 5.79. The molecular formula is C25H40N2O2. The summed E-state index contributed by atoms with van der Waals surface area (Å²) in [6.45, 7) is 5.77. The van der Waals surface area contributed by atoms with Gasteiger partial charge >= 0.3 is 0 Å². The first kappa shape index (κ1) is 22.3. The molecule has 1 amide bonds. The van der Waals surface area contributed by atoms with Crippen LogP contribution in [0.2, 0.25) is 0 Å². The highest BCUT2D eigenvalue weighted by Gasteiger charge is 2.31. The van der Waals surface area contributed by atoms with Crippen LogP contribution in [0.5, 0.6) is 0 Å². The first-order chi connectivity index (χ1) is 13.9. The number of nitrogens with two attached hydrogens (primary N) is 1. The van der Waals surface area contributed by atoms with Crippen LogP contribution in [0.25, 0.3) is 0 Å². The number of hydrogen-bond acceptors (Lipinski definition) is 3. The molecule has 3 unspecified atom stereocenters. The molecule has 1 heterocycles. The number of aliphatic hydroxyl groups excluding tert-OH is 1. The van der Waals surface area contributed by atoms with Gasteiger partial charge in [-0.15, -0.1) is 0 Å². The second kappa shape index (κ2) is 10.6. The van der Waals surface area contributed by atoms with E-state index in [-0.39, 0.29) is 17.9 Å². The number of fused-ring (bicyclic) bond motifs is 1. The lowest BCUT2D eigenvalue weighted by molar-refractivity contribution is -0.138. The van der Waals surface area contributed by atoms with E-state index in [1.807, 2.05) is 11.0 Å². The standard InChI is InChI=1S/C25H40N2O2/c1-18(2)14-22(16-24(28)23(26)15-19-8-4-3-5-9-19)25(29)27-13-12-20-10-6-7-11-21(20)17-27/h6-7,10-11,18-19,22-24,28H,3-5,8-9,12-17,26H2,1-2H3. The molecule has 1 aromatic rings. The van der Waals surface area contributed by atoms with Crippen molar-refractivity contribution in [1.29, 1.82) is 0 Å². The molecule has 0 bridgehead atoms. The molecule has 0 spiro atoms. The van der Waals surface area contributed by atoms with E-state index in [2.05, 4.69) is 32.0 Å². The second-order valence-electron chi connectivity index (χ2n) is 9.81. The Bertz CT molecular complexity index is 654. The quantitative estimate of drug-likeness (QED) is 0.684. The Balaban J connectivity index is 1.60. The van der Waals surface area contributed by atoms with Crippen molar-refractivity contribution >= 4 is 5.91 Å². The third-order valence-electron chi connectivity index (χ3n) is 6.90. The minimum Gasteiger partial charge on any atom is -0.391 e. The zero-order valence-corrected chi connectivity index (χ0v) is 18.4. The average Bonchev–Trinajstić information content (AvgIpc) is 2.72. The predicted molar refractivity (Wildman–Crippen MR) is 118 cm³/mol. The molecule has 162 valence electrons. The Morgan fingerprint density at radius 1 is 1.14 bits per heavy atom. The molecule has 3 N–H and O–H groups in total. The van der Waals surface area contributed by atoms with E-state index in [0.29, 0.717) is 24.8 Å². The normalized spacial score (nSPS) is 20.9. The largest absolute Gasteiger partial charge is 0.391 e. The van der Waals surface area contributed by atoms with E-state index >= 15 is 0 Å². The van der Waals surface area contributed by atoms with E-state index in [1.165, 1.54) is 43.2 Å². The van der Waals surface area contributed by atoms with Crippen LogP contribution < -0.4 is 5.73 Å². The van der Waals surface area contributed by atoms with Crippen LogP contribution in [0.3, 0.4) is 0 Å². The van der Waals surface area contributed by atoms with Gasteiger partial charge < -0.3 is 15.7 Å². The number of amides is 1. The smallest absolute Gasteiger partial charge is 0.226 e. The predicted octanol–water partition coefficient (Wildman–Crippen LogP) is 4.28. The topological polar surface area (TPSA) is 66.6 Å². The number of carbonyl (C=O) groups is 1. The van der Waals surface area contributed by atoms with Gasteiger partial charge in [0.2, 0.25) is 5.91 Å². The zero-order chi connectivity index (χ0) is 20.8. The summed E-state index contributed by atoms with van der Waals surface area (Å²) in [6, 6.07) is 8.19. The monoisotopic (exact) mass is 400 g/mol. The number of benzene rings is 1. The summed E-state index contributed by atoms with van der Waals surface area (Å²) >= 11 is 0. The molecule has 1 aliphatic carbocycles. The molecule has 0 aromatic heterocycles. The van der Waals surface area contributed by atoms with Crippen molar-refractivity contribution in [2.24, 2.45) is 23.5 Å². The van der Waals surface area contributed by atoms with E-state index in [9.17, 15) is 9.90 Å². The fourth-order valence-corrected chi connectivity index (χ4v) is 5.24. The van der Waals surface area contributed by atoms with Crippen LogP contribution in [0.4, 0.5) is 0 Å². The Kier molecular flexibility index (Phi) is 8.14. The number of nitrogens with zero attached hydrogens (tertiary/aromatic N) is 1. The van der Waals surface area contributed by atoms with Gasteiger partial charge in [-0.2, -0.15) is 0 Å². The second-order valence-corrected chi connectivity index (χ2v) is 9.81. The average molecular weight is 401 g/mol. The van der Waals surface area contributed by atoms with Gasteiger partial charge in [0.05, 0.1) is 6.10 Å². The first-order valence-corrected chi connectivity index (χ1v) is 11.7. The Hall–Kier alpha value is -1.39. The summed E-state index contributed by atoms with van der Waals surface area (Å²) in [4.78, 5) is 15.4. The fraction of sp³-hybridized carbons (Fsp3) is 0.720. The summed E-state index contributed by atoms with van der Waals surface area (Å²) in [7, 11) is 0. The molecular weight excluding hydrogens is 360 g/mol. The molecule has 3 rings (SSSR count). The molecule has 1 saturated carbocycles. The zero-order valence-electron chi connectivity index (χ0n) is 18.4. The Labute approximate surface area is 176 Å². The lowest BCUT2D eigenvalue weighted by Crippen LogP contribution is -2.44. The van der Waals surface area contributed by atoms with Gasteiger partial charge in [-0.1, -0.05) is 70.2 Å². The number of hydrogen-bond donors (Lipinski definition) is 2. The summed E-state index contributed by atoms with van der Waals surface area (Å²) in [6.07, 6.45) is 8.90. The van der Waals surface area contributed by atoms with Crippen molar-refractivity contribution in [3.63, 3.8) is 0 Å². The highest BCUT2D eigenvalue weighted by Crippen LogP contribution is 2.30. The van der Waals surface area contributed by atoms with Crippen LogP contribution in [-0.4, -0.2) is 34.6 Å². The van der Waals surface area contributed by atoms with Crippen molar-refractivity contribution in [3.8, 4) is 0 Å².